The summed E-state index contributed by atoms with van der Waals surface area (Å²) in [4.78, 5) is 0. The summed E-state index contributed by atoms with van der Waals surface area (Å²) in [6.07, 6.45) is 0. The van der Waals surface area contributed by atoms with E-state index in [1.54, 1.807) is 0 Å². The summed E-state index contributed by atoms with van der Waals surface area (Å²) in [5.41, 5.74) is 13.8. The molecule has 0 aliphatic carbocycles. The molecule has 0 aliphatic rings. The number of nitrogens with one attached hydrogen (secondary N) is 2. The van der Waals surface area contributed by atoms with Crippen molar-refractivity contribution in [3.05, 3.63) is 187 Å². The molecule has 0 spiro atoms. The van der Waals surface area contributed by atoms with Crippen LogP contribution in [0.2, 0.25) is 0 Å². The minimum absolute atomic E-state index is 0.477. The van der Waals surface area contributed by atoms with Gasteiger partial charge in [0, 0.05) is 21.9 Å². The molecule has 3 nitrogen and oxygen atoms in total. The van der Waals surface area contributed by atoms with E-state index in [1.165, 1.54) is 54.6 Å². The van der Waals surface area contributed by atoms with Gasteiger partial charge in [-0.25, -0.2) is 0 Å². The molecule has 48 heavy (non-hydrogen) atoms. The van der Waals surface area contributed by atoms with Crippen molar-refractivity contribution in [3.63, 3.8) is 0 Å². The molecule has 0 fully saturated rings. The molecule has 0 saturated heterocycles. The zero-order chi connectivity index (χ0) is 32.0. The van der Waals surface area contributed by atoms with Crippen LogP contribution in [0, 0.1) is 5.41 Å². The lowest BCUT2D eigenvalue weighted by atomic mass is 9.92. The maximum absolute atomic E-state index is 9.23. The molecule has 0 radical (unpaired) electrons. The summed E-state index contributed by atoms with van der Waals surface area (Å²) in [5, 5.41) is 16.5. The lowest BCUT2D eigenvalue weighted by molar-refractivity contribution is 1.06. The number of aromatic nitrogens is 1. The van der Waals surface area contributed by atoms with Gasteiger partial charge in [-0.3, -0.25) is 15.5 Å². The maximum Gasteiger partial charge on any atom is 0.0722 e. The number of para-hydroxylation sites is 1. The molecular weight excluding hydrogens is 583 g/mol. The molecule has 1 heterocycles. The Morgan fingerprint density at radius 1 is 0.438 bits per heavy atom. The van der Waals surface area contributed by atoms with E-state index in [-0.39, 0.29) is 0 Å². The van der Waals surface area contributed by atoms with E-state index >= 15 is 0 Å². The zero-order valence-corrected chi connectivity index (χ0v) is 26.2. The summed E-state index contributed by atoms with van der Waals surface area (Å²) in [6, 6.07) is 61.6. The first-order chi connectivity index (χ1) is 23.8. The summed E-state index contributed by atoms with van der Waals surface area (Å²) < 4.78 is 2.25. The van der Waals surface area contributed by atoms with Crippen LogP contribution in [0.5, 0.6) is 0 Å². The minimum Gasteiger partial charge on any atom is -0.300 e. The average molecular weight is 614 g/mol. The summed E-state index contributed by atoms with van der Waals surface area (Å²) in [5.74, 6) is 0. The number of rotatable bonds is 6. The number of hydrogen-bond acceptors (Lipinski definition) is 2. The van der Waals surface area contributed by atoms with Gasteiger partial charge in [0.05, 0.1) is 22.4 Å². The third-order valence-electron chi connectivity index (χ3n) is 9.44. The van der Waals surface area contributed by atoms with Crippen LogP contribution >= 0.6 is 0 Å². The van der Waals surface area contributed by atoms with Crippen LogP contribution in [0.3, 0.4) is 0 Å². The van der Waals surface area contributed by atoms with Gasteiger partial charge in [0.1, 0.15) is 0 Å². The summed E-state index contributed by atoms with van der Waals surface area (Å²) >= 11 is 0. The molecule has 9 rings (SSSR count). The molecule has 8 aromatic carbocycles. The number of anilines is 1. The van der Waals surface area contributed by atoms with Gasteiger partial charge in [-0.2, -0.15) is 0 Å². The van der Waals surface area contributed by atoms with Gasteiger partial charge in [0.25, 0.3) is 0 Å². The van der Waals surface area contributed by atoms with Crippen molar-refractivity contribution < 1.29 is 0 Å². The van der Waals surface area contributed by atoms with E-state index in [4.69, 9.17) is 0 Å². The molecule has 1 aromatic heterocycles. The predicted molar refractivity (Wildman–Crippen MR) is 203 cm³/mol. The van der Waals surface area contributed by atoms with E-state index < -0.39 is 0 Å². The second-order valence-electron chi connectivity index (χ2n) is 12.2. The number of nitrogens with zero attached hydrogens (tertiary/aromatic N) is 1. The van der Waals surface area contributed by atoms with E-state index in [0.29, 0.717) is 5.71 Å². The van der Waals surface area contributed by atoms with E-state index in [0.717, 1.165) is 27.8 Å². The Morgan fingerprint density at radius 3 is 1.38 bits per heavy atom. The van der Waals surface area contributed by atoms with Crippen molar-refractivity contribution in [1.82, 2.24) is 4.68 Å². The molecule has 0 bridgehead atoms. The Hall–Kier alpha value is -6.45. The second-order valence-corrected chi connectivity index (χ2v) is 12.2. The van der Waals surface area contributed by atoms with Crippen molar-refractivity contribution in [2.45, 2.75) is 0 Å². The van der Waals surface area contributed by atoms with Crippen molar-refractivity contribution >= 4 is 54.7 Å². The third-order valence-corrected chi connectivity index (χ3v) is 9.44. The number of benzene rings is 8. The van der Waals surface area contributed by atoms with Crippen LogP contribution in [-0.4, -0.2) is 10.4 Å². The van der Waals surface area contributed by atoms with Gasteiger partial charge >= 0.3 is 0 Å². The van der Waals surface area contributed by atoms with Crippen LogP contribution in [0.1, 0.15) is 11.1 Å². The topological polar surface area (TPSA) is 40.8 Å². The second kappa shape index (κ2) is 11.4. The van der Waals surface area contributed by atoms with Crippen molar-refractivity contribution in [2.75, 3.05) is 5.43 Å². The minimum atomic E-state index is 0.477. The van der Waals surface area contributed by atoms with Crippen LogP contribution in [-0.2, 0) is 0 Å². The van der Waals surface area contributed by atoms with E-state index in [9.17, 15) is 5.41 Å². The first kappa shape index (κ1) is 27.8. The lowest BCUT2D eigenvalue weighted by Gasteiger charge is -2.17. The van der Waals surface area contributed by atoms with E-state index in [1.807, 2.05) is 48.5 Å². The molecular formula is C45H31N3. The van der Waals surface area contributed by atoms with E-state index in [2.05, 4.69) is 137 Å². The van der Waals surface area contributed by atoms with Gasteiger partial charge in [0.15, 0.2) is 0 Å². The molecule has 3 heteroatoms. The Morgan fingerprint density at radius 2 is 0.854 bits per heavy atom. The van der Waals surface area contributed by atoms with Crippen LogP contribution < -0.4 is 5.43 Å². The molecule has 0 unspecified atom stereocenters. The summed E-state index contributed by atoms with van der Waals surface area (Å²) in [6.45, 7) is 0. The highest BCUT2D eigenvalue weighted by Crippen LogP contribution is 2.45. The SMILES string of the molecule is N=C(c1ccccc1)c1ccccc1Nn1c2cc(-c3ccccc3)c3ccccc3c2c2c3ccccc3c(-c3ccccc3)cc21. The normalized spacial score (nSPS) is 11.4. The highest BCUT2D eigenvalue weighted by Gasteiger charge is 2.22. The Kier molecular flexibility index (Phi) is 6.62. The fourth-order valence-corrected chi connectivity index (χ4v) is 7.24. The molecule has 0 amide bonds. The van der Waals surface area contributed by atoms with Gasteiger partial charge in [0.2, 0.25) is 0 Å². The van der Waals surface area contributed by atoms with Crippen LogP contribution in [0.15, 0.2) is 176 Å². The fraction of sp³-hybridized carbons (Fsp3) is 0. The van der Waals surface area contributed by atoms with Crippen molar-refractivity contribution in [2.24, 2.45) is 0 Å². The number of hydrogen-bond donors (Lipinski definition) is 2. The standard InChI is InChI=1S/C45H31N3/c46-45(32-20-8-3-9-21-32)37-26-14-15-27-40(37)47-48-41-28-38(30-16-4-1-5-17-30)33-22-10-12-24-35(33)43(41)44-36-25-13-11-23-34(36)39(29-42(44)48)31-18-6-2-7-19-31/h1-29,46-47H. The van der Waals surface area contributed by atoms with Crippen LogP contribution in [0.4, 0.5) is 5.69 Å². The Bertz CT molecular complexity index is 2500. The molecule has 0 aliphatic heterocycles. The number of fused-ring (bicyclic) bond motifs is 7. The van der Waals surface area contributed by atoms with Crippen molar-refractivity contribution in [3.8, 4) is 22.3 Å². The maximum atomic E-state index is 9.23. The van der Waals surface area contributed by atoms with Gasteiger partial charge < -0.3 is 0 Å². The predicted octanol–water partition coefficient (Wildman–Crippen LogP) is 11.7. The Labute approximate surface area is 278 Å². The van der Waals surface area contributed by atoms with Crippen LogP contribution in [0.25, 0.3) is 65.6 Å². The molecule has 9 aromatic rings. The fourth-order valence-electron chi connectivity index (χ4n) is 7.24. The largest absolute Gasteiger partial charge is 0.300 e. The van der Waals surface area contributed by atoms with Gasteiger partial charge in [-0.1, -0.05) is 158 Å². The summed E-state index contributed by atoms with van der Waals surface area (Å²) in [7, 11) is 0. The highest BCUT2D eigenvalue weighted by molar-refractivity contribution is 6.31. The molecule has 2 N–H and O–H groups in total. The average Bonchev–Trinajstić information content (AvgIpc) is 3.48. The molecule has 0 atom stereocenters. The van der Waals surface area contributed by atoms with Gasteiger partial charge in [-0.15, -0.1) is 0 Å². The van der Waals surface area contributed by atoms with Gasteiger partial charge in [-0.05, 0) is 62.0 Å². The van der Waals surface area contributed by atoms with Crippen molar-refractivity contribution in [1.29, 1.82) is 5.41 Å². The highest BCUT2D eigenvalue weighted by atomic mass is 15.4. The third kappa shape index (κ3) is 4.48. The smallest absolute Gasteiger partial charge is 0.0722 e. The lowest BCUT2D eigenvalue weighted by Crippen LogP contribution is -2.13. The monoisotopic (exact) mass is 613 g/mol. The molecule has 0 saturated carbocycles. The zero-order valence-electron chi connectivity index (χ0n) is 26.2. The first-order valence-corrected chi connectivity index (χ1v) is 16.3. The Balaban J connectivity index is 1.42. The first-order valence-electron chi connectivity index (χ1n) is 16.3. The quantitative estimate of drug-likeness (QED) is 0.180. The molecule has 226 valence electrons.